The van der Waals surface area contributed by atoms with Crippen LogP contribution in [0.2, 0.25) is 0 Å². The van der Waals surface area contributed by atoms with Crippen molar-refractivity contribution in [1.82, 2.24) is 0 Å². The Morgan fingerprint density at radius 2 is 1.79 bits per heavy atom. The van der Waals surface area contributed by atoms with E-state index in [4.69, 9.17) is 18.6 Å². The van der Waals surface area contributed by atoms with Crippen molar-refractivity contribution in [2.24, 2.45) is 0 Å². The van der Waals surface area contributed by atoms with Gasteiger partial charge < -0.3 is 23.4 Å². The second-order valence-corrected chi connectivity index (χ2v) is 4.79. The third-order valence-corrected chi connectivity index (χ3v) is 3.34. The molecule has 24 heavy (non-hydrogen) atoms. The van der Waals surface area contributed by atoms with Gasteiger partial charge >= 0.3 is 11.9 Å². The zero-order valence-corrected chi connectivity index (χ0v) is 13.9. The molecule has 0 spiro atoms. The van der Waals surface area contributed by atoms with Gasteiger partial charge in [-0.15, -0.1) is 0 Å². The summed E-state index contributed by atoms with van der Waals surface area (Å²) in [4.78, 5) is 23.8. The average molecular weight is 334 g/mol. The van der Waals surface area contributed by atoms with Gasteiger partial charge in [-0.2, -0.15) is 0 Å². The Balaban J connectivity index is 2.13. The third kappa shape index (κ3) is 3.51. The second-order valence-electron chi connectivity index (χ2n) is 4.79. The summed E-state index contributed by atoms with van der Waals surface area (Å²) < 4.78 is 25.6. The Labute approximate surface area is 139 Å². The van der Waals surface area contributed by atoms with Crippen molar-refractivity contribution in [2.75, 3.05) is 21.3 Å². The van der Waals surface area contributed by atoms with E-state index in [0.29, 0.717) is 22.8 Å². The lowest BCUT2D eigenvalue weighted by Crippen LogP contribution is -2.07. The predicted molar refractivity (Wildman–Crippen MR) is 83.5 cm³/mol. The summed E-state index contributed by atoms with van der Waals surface area (Å²) >= 11 is 0. The van der Waals surface area contributed by atoms with Gasteiger partial charge in [-0.1, -0.05) is 6.07 Å². The molecule has 1 heterocycles. The molecule has 0 radical (unpaired) electrons. The number of rotatable bonds is 6. The van der Waals surface area contributed by atoms with Gasteiger partial charge in [0.2, 0.25) is 0 Å². The molecule has 1 aromatic carbocycles. The molecule has 0 saturated heterocycles. The van der Waals surface area contributed by atoms with Crippen molar-refractivity contribution in [3.63, 3.8) is 0 Å². The van der Waals surface area contributed by atoms with E-state index in [0.717, 1.165) is 0 Å². The van der Waals surface area contributed by atoms with Crippen LogP contribution in [-0.4, -0.2) is 33.3 Å². The number of benzene rings is 1. The van der Waals surface area contributed by atoms with Crippen LogP contribution in [0.15, 0.2) is 28.7 Å². The minimum atomic E-state index is -0.598. The highest BCUT2D eigenvalue weighted by molar-refractivity contribution is 5.93. The molecule has 0 N–H and O–H groups in total. The highest BCUT2D eigenvalue weighted by Crippen LogP contribution is 2.31. The second kappa shape index (κ2) is 7.54. The minimum absolute atomic E-state index is 0.128. The number of esters is 2. The highest BCUT2D eigenvalue weighted by Gasteiger charge is 2.20. The molecule has 0 aliphatic carbocycles. The van der Waals surface area contributed by atoms with Gasteiger partial charge in [0.1, 0.15) is 29.3 Å². The minimum Gasteiger partial charge on any atom is -0.493 e. The number of methoxy groups -OCH3 is 3. The summed E-state index contributed by atoms with van der Waals surface area (Å²) in [5, 5.41) is 0. The van der Waals surface area contributed by atoms with Gasteiger partial charge in [-0.25, -0.2) is 9.59 Å². The number of hydrogen-bond donors (Lipinski definition) is 0. The van der Waals surface area contributed by atoms with Crippen molar-refractivity contribution in [3.05, 3.63) is 46.9 Å². The number of furan rings is 1. The number of ether oxygens (including phenoxy) is 4. The van der Waals surface area contributed by atoms with Crippen LogP contribution in [0.3, 0.4) is 0 Å². The molecule has 0 bridgehead atoms. The van der Waals surface area contributed by atoms with E-state index in [1.54, 1.807) is 25.1 Å². The van der Waals surface area contributed by atoms with Crippen LogP contribution in [0.5, 0.6) is 11.5 Å². The molecule has 0 aliphatic rings. The van der Waals surface area contributed by atoms with Crippen LogP contribution in [-0.2, 0) is 16.1 Å². The predicted octanol–water partition coefficient (Wildman–Crippen LogP) is 2.75. The number of aryl methyl sites for hydroxylation is 1. The number of carbonyl (C=O) groups excluding carboxylic acids is 2. The molecule has 0 atom stereocenters. The SMILES string of the molecule is COC(=O)c1cc(COC(=O)c2cccc(OC)c2OC)oc1C. The fraction of sp³-hybridized carbons (Fsp3) is 0.294. The van der Waals surface area contributed by atoms with E-state index in [1.807, 2.05) is 0 Å². The molecule has 2 aromatic rings. The molecule has 0 fully saturated rings. The van der Waals surface area contributed by atoms with Crippen molar-refractivity contribution < 1.29 is 33.0 Å². The summed E-state index contributed by atoms with van der Waals surface area (Å²) in [7, 11) is 4.20. The quantitative estimate of drug-likeness (QED) is 0.751. The molecule has 0 unspecified atom stereocenters. The lowest BCUT2D eigenvalue weighted by Gasteiger charge is -2.11. The van der Waals surface area contributed by atoms with E-state index < -0.39 is 11.9 Å². The van der Waals surface area contributed by atoms with Crippen molar-refractivity contribution in [1.29, 1.82) is 0 Å². The number of carbonyl (C=O) groups is 2. The van der Waals surface area contributed by atoms with Crippen LogP contribution >= 0.6 is 0 Å². The van der Waals surface area contributed by atoms with E-state index >= 15 is 0 Å². The van der Waals surface area contributed by atoms with E-state index in [9.17, 15) is 9.59 Å². The Morgan fingerprint density at radius 3 is 2.42 bits per heavy atom. The standard InChI is InChI=1S/C17H18O7/c1-10-13(16(18)22-4)8-11(24-10)9-23-17(19)12-6-5-7-14(20-2)15(12)21-3/h5-8H,9H2,1-4H3. The Hall–Kier alpha value is -2.96. The first-order valence-corrected chi connectivity index (χ1v) is 7.07. The fourth-order valence-electron chi connectivity index (χ4n) is 2.19. The van der Waals surface area contributed by atoms with Crippen molar-refractivity contribution in [3.8, 4) is 11.5 Å². The molecule has 0 saturated carbocycles. The summed E-state index contributed by atoms with van der Waals surface area (Å²) in [6.07, 6.45) is 0. The Kier molecular flexibility index (Phi) is 5.47. The lowest BCUT2D eigenvalue weighted by molar-refractivity contribution is 0.0439. The van der Waals surface area contributed by atoms with Crippen molar-refractivity contribution in [2.45, 2.75) is 13.5 Å². The maximum absolute atomic E-state index is 12.3. The molecule has 0 aliphatic heterocycles. The van der Waals surface area contributed by atoms with Gasteiger partial charge in [0.25, 0.3) is 0 Å². The maximum Gasteiger partial charge on any atom is 0.342 e. The monoisotopic (exact) mass is 334 g/mol. The molecule has 1 aromatic heterocycles. The van der Waals surface area contributed by atoms with Crippen LogP contribution < -0.4 is 9.47 Å². The van der Waals surface area contributed by atoms with Crippen molar-refractivity contribution >= 4 is 11.9 Å². The number of para-hydroxylation sites is 1. The zero-order valence-electron chi connectivity index (χ0n) is 13.9. The smallest absolute Gasteiger partial charge is 0.342 e. The topological polar surface area (TPSA) is 84.2 Å². The summed E-state index contributed by atoms with van der Waals surface area (Å²) in [5.41, 5.74) is 0.524. The van der Waals surface area contributed by atoms with E-state index in [2.05, 4.69) is 4.74 Å². The average Bonchev–Trinajstić information content (AvgIpc) is 2.98. The highest BCUT2D eigenvalue weighted by atomic mass is 16.5. The van der Waals surface area contributed by atoms with Gasteiger partial charge in [0.05, 0.1) is 21.3 Å². The van der Waals surface area contributed by atoms with Crippen LogP contribution in [0.25, 0.3) is 0 Å². The third-order valence-electron chi connectivity index (χ3n) is 3.34. The largest absolute Gasteiger partial charge is 0.493 e. The van der Waals surface area contributed by atoms with Crippen LogP contribution in [0.1, 0.15) is 32.2 Å². The fourth-order valence-corrected chi connectivity index (χ4v) is 2.19. The van der Waals surface area contributed by atoms with Gasteiger partial charge in [-0.3, -0.25) is 0 Å². The first-order valence-electron chi connectivity index (χ1n) is 7.07. The molecule has 0 amide bonds. The van der Waals surface area contributed by atoms with E-state index in [1.165, 1.54) is 27.4 Å². The number of hydrogen-bond acceptors (Lipinski definition) is 7. The molecular formula is C17H18O7. The van der Waals surface area contributed by atoms with Crippen LogP contribution in [0, 0.1) is 6.92 Å². The molecule has 7 heteroatoms. The zero-order chi connectivity index (χ0) is 17.7. The van der Waals surface area contributed by atoms with E-state index in [-0.39, 0.29) is 17.9 Å². The summed E-state index contributed by atoms with van der Waals surface area (Å²) in [6, 6.07) is 6.38. The lowest BCUT2D eigenvalue weighted by atomic mass is 10.2. The molecule has 7 nitrogen and oxygen atoms in total. The normalized spacial score (nSPS) is 10.2. The van der Waals surface area contributed by atoms with Gasteiger partial charge in [-0.05, 0) is 25.1 Å². The molecule has 128 valence electrons. The first kappa shape index (κ1) is 17.4. The first-order chi connectivity index (χ1) is 11.5. The summed E-state index contributed by atoms with van der Waals surface area (Å²) in [6.45, 7) is 1.50. The Bertz CT molecular complexity index is 745. The maximum atomic E-state index is 12.3. The van der Waals surface area contributed by atoms with Gasteiger partial charge in [0, 0.05) is 0 Å². The molecular weight excluding hydrogens is 316 g/mol. The Morgan fingerprint density at radius 1 is 1.04 bits per heavy atom. The molecule has 2 rings (SSSR count). The van der Waals surface area contributed by atoms with Gasteiger partial charge in [0.15, 0.2) is 11.5 Å². The summed E-state index contributed by atoms with van der Waals surface area (Å²) in [5.74, 6) is 0.335. The van der Waals surface area contributed by atoms with Crippen LogP contribution in [0.4, 0.5) is 0 Å².